The number of carbonyl (C=O) groups excluding carboxylic acids is 1. The second kappa shape index (κ2) is 6.54. The second-order valence-corrected chi connectivity index (χ2v) is 4.30. The van der Waals surface area contributed by atoms with Crippen LogP contribution in [0.25, 0.3) is 0 Å². The summed E-state index contributed by atoms with van der Waals surface area (Å²) < 4.78 is 0. The third-order valence-electron chi connectivity index (χ3n) is 2.69. The molecule has 19 heavy (non-hydrogen) atoms. The Morgan fingerprint density at radius 2 is 1.95 bits per heavy atom. The fourth-order valence-electron chi connectivity index (χ4n) is 1.60. The zero-order valence-electron chi connectivity index (χ0n) is 10.9. The SMILES string of the molecule is Cc1ccc(CNC(=O)CNc2ccccc2)cn1. The third kappa shape index (κ3) is 4.43. The lowest BCUT2D eigenvalue weighted by atomic mass is 10.2. The molecule has 0 saturated carbocycles. The fraction of sp³-hybridized carbons (Fsp3) is 0.200. The van der Waals surface area contributed by atoms with Gasteiger partial charge in [-0.3, -0.25) is 9.78 Å². The van der Waals surface area contributed by atoms with Crippen molar-refractivity contribution in [1.82, 2.24) is 10.3 Å². The highest BCUT2D eigenvalue weighted by Gasteiger charge is 2.01. The van der Waals surface area contributed by atoms with Crippen LogP contribution in [-0.4, -0.2) is 17.4 Å². The van der Waals surface area contributed by atoms with E-state index in [-0.39, 0.29) is 12.5 Å². The molecule has 0 spiro atoms. The Hall–Kier alpha value is -2.36. The normalized spacial score (nSPS) is 9.95. The number of anilines is 1. The molecule has 4 nitrogen and oxygen atoms in total. The van der Waals surface area contributed by atoms with E-state index in [2.05, 4.69) is 15.6 Å². The molecule has 4 heteroatoms. The van der Waals surface area contributed by atoms with E-state index in [1.54, 1.807) is 6.20 Å². The minimum absolute atomic E-state index is 0.0376. The van der Waals surface area contributed by atoms with Crippen molar-refractivity contribution in [1.29, 1.82) is 0 Å². The Labute approximate surface area is 112 Å². The summed E-state index contributed by atoms with van der Waals surface area (Å²) in [5, 5.41) is 5.91. The number of nitrogens with one attached hydrogen (secondary N) is 2. The van der Waals surface area contributed by atoms with Crippen molar-refractivity contribution in [2.24, 2.45) is 0 Å². The average molecular weight is 255 g/mol. The van der Waals surface area contributed by atoms with Gasteiger partial charge in [0.25, 0.3) is 0 Å². The Balaban J connectivity index is 1.74. The van der Waals surface area contributed by atoms with Crippen molar-refractivity contribution in [2.45, 2.75) is 13.5 Å². The van der Waals surface area contributed by atoms with Crippen LogP contribution in [0.15, 0.2) is 48.7 Å². The van der Waals surface area contributed by atoms with Gasteiger partial charge in [0, 0.05) is 24.1 Å². The van der Waals surface area contributed by atoms with Crippen LogP contribution in [0, 0.1) is 6.92 Å². The van der Waals surface area contributed by atoms with E-state index in [4.69, 9.17) is 0 Å². The van der Waals surface area contributed by atoms with Gasteiger partial charge in [0.2, 0.25) is 5.91 Å². The first-order valence-corrected chi connectivity index (χ1v) is 6.21. The molecule has 2 N–H and O–H groups in total. The lowest BCUT2D eigenvalue weighted by molar-refractivity contribution is -0.119. The van der Waals surface area contributed by atoms with E-state index in [9.17, 15) is 4.79 Å². The smallest absolute Gasteiger partial charge is 0.239 e. The number of hydrogen-bond acceptors (Lipinski definition) is 3. The molecule has 0 aliphatic rings. The summed E-state index contributed by atoms with van der Waals surface area (Å²) in [5.41, 5.74) is 2.91. The van der Waals surface area contributed by atoms with Gasteiger partial charge in [-0.2, -0.15) is 0 Å². The van der Waals surface area contributed by atoms with Gasteiger partial charge in [-0.25, -0.2) is 0 Å². The van der Waals surface area contributed by atoms with E-state index in [1.165, 1.54) is 0 Å². The molecular formula is C15H17N3O. The molecule has 0 unspecified atom stereocenters. The number of carbonyl (C=O) groups is 1. The van der Waals surface area contributed by atoms with Crippen LogP contribution < -0.4 is 10.6 Å². The molecule has 0 aliphatic carbocycles. The number of benzene rings is 1. The van der Waals surface area contributed by atoms with Gasteiger partial charge in [-0.1, -0.05) is 24.3 Å². The number of hydrogen-bond donors (Lipinski definition) is 2. The van der Waals surface area contributed by atoms with E-state index >= 15 is 0 Å². The molecule has 1 heterocycles. The van der Waals surface area contributed by atoms with Crippen LogP contribution >= 0.6 is 0 Å². The highest BCUT2D eigenvalue weighted by Crippen LogP contribution is 2.03. The number of pyridine rings is 1. The van der Waals surface area contributed by atoms with E-state index in [0.29, 0.717) is 6.54 Å². The van der Waals surface area contributed by atoms with Crippen molar-refractivity contribution in [3.8, 4) is 0 Å². The molecule has 0 bridgehead atoms. The minimum Gasteiger partial charge on any atom is -0.376 e. The van der Waals surface area contributed by atoms with Crippen molar-refractivity contribution in [3.63, 3.8) is 0 Å². The maximum absolute atomic E-state index is 11.7. The molecule has 0 saturated heterocycles. The summed E-state index contributed by atoms with van der Waals surface area (Å²) in [6.07, 6.45) is 1.78. The highest BCUT2D eigenvalue weighted by atomic mass is 16.1. The lowest BCUT2D eigenvalue weighted by Gasteiger charge is -2.07. The van der Waals surface area contributed by atoms with Crippen LogP contribution in [0.5, 0.6) is 0 Å². The fourth-order valence-corrected chi connectivity index (χ4v) is 1.60. The van der Waals surface area contributed by atoms with Crippen molar-refractivity contribution in [3.05, 3.63) is 59.9 Å². The van der Waals surface area contributed by atoms with Crippen LogP contribution in [0.2, 0.25) is 0 Å². The van der Waals surface area contributed by atoms with Gasteiger partial charge in [-0.05, 0) is 30.7 Å². The number of nitrogens with zero attached hydrogens (tertiary/aromatic N) is 1. The van der Waals surface area contributed by atoms with Gasteiger partial charge in [0.05, 0.1) is 6.54 Å². The molecule has 98 valence electrons. The standard InChI is InChI=1S/C15H17N3O/c1-12-7-8-13(9-16-12)10-18-15(19)11-17-14-5-3-2-4-6-14/h2-9,17H,10-11H2,1H3,(H,18,19). The maximum atomic E-state index is 11.7. The number of rotatable bonds is 5. The van der Waals surface area contributed by atoms with Crippen LogP contribution in [0.4, 0.5) is 5.69 Å². The largest absolute Gasteiger partial charge is 0.376 e. The second-order valence-electron chi connectivity index (χ2n) is 4.30. The topological polar surface area (TPSA) is 54.0 Å². The number of aromatic nitrogens is 1. The predicted octanol–water partition coefficient (Wildman–Crippen LogP) is 2.12. The van der Waals surface area contributed by atoms with E-state index < -0.39 is 0 Å². The molecule has 2 rings (SSSR count). The maximum Gasteiger partial charge on any atom is 0.239 e. The van der Waals surface area contributed by atoms with Gasteiger partial charge in [-0.15, -0.1) is 0 Å². The van der Waals surface area contributed by atoms with Gasteiger partial charge in [0.1, 0.15) is 0 Å². The molecule has 0 atom stereocenters. The molecule has 0 fully saturated rings. The Morgan fingerprint density at radius 3 is 2.63 bits per heavy atom. The summed E-state index contributed by atoms with van der Waals surface area (Å²) in [6, 6.07) is 13.6. The Bertz CT molecular complexity index is 523. The molecule has 0 radical (unpaired) electrons. The predicted molar refractivity (Wildman–Crippen MR) is 75.8 cm³/mol. The summed E-state index contributed by atoms with van der Waals surface area (Å²) >= 11 is 0. The number of aryl methyl sites for hydroxylation is 1. The summed E-state index contributed by atoms with van der Waals surface area (Å²) in [5.74, 6) is -0.0376. The first kappa shape index (κ1) is 13.1. The summed E-state index contributed by atoms with van der Waals surface area (Å²) in [7, 11) is 0. The molecule has 1 amide bonds. The lowest BCUT2D eigenvalue weighted by Crippen LogP contribution is -2.29. The first-order valence-electron chi connectivity index (χ1n) is 6.21. The van der Waals surface area contributed by atoms with Crippen LogP contribution in [0.1, 0.15) is 11.3 Å². The minimum atomic E-state index is -0.0376. The van der Waals surface area contributed by atoms with Crippen molar-refractivity contribution < 1.29 is 4.79 Å². The monoisotopic (exact) mass is 255 g/mol. The van der Waals surface area contributed by atoms with E-state index in [1.807, 2.05) is 49.4 Å². The quantitative estimate of drug-likeness (QED) is 0.860. The van der Waals surface area contributed by atoms with Crippen molar-refractivity contribution >= 4 is 11.6 Å². The van der Waals surface area contributed by atoms with Crippen LogP contribution in [-0.2, 0) is 11.3 Å². The average Bonchev–Trinajstić information content (AvgIpc) is 2.45. The van der Waals surface area contributed by atoms with Gasteiger partial charge < -0.3 is 10.6 Å². The van der Waals surface area contributed by atoms with Gasteiger partial charge >= 0.3 is 0 Å². The summed E-state index contributed by atoms with van der Waals surface area (Å²) in [4.78, 5) is 15.8. The Kier molecular flexibility index (Phi) is 4.50. The highest BCUT2D eigenvalue weighted by molar-refractivity contribution is 5.80. The first-order chi connectivity index (χ1) is 9.24. The molecule has 2 aromatic rings. The number of amides is 1. The van der Waals surface area contributed by atoms with Crippen LogP contribution in [0.3, 0.4) is 0 Å². The van der Waals surface area contributed by atoms with Gasteiger partial charge in [0.15, 0.2) is 0 Å². The zero-order valence-corrected chi connectivity index (χ0v) is 10.9. The number of para-hydroxylation sites is 1. The molecule has 0 aliphatic heterocycles. The summed E-state index contributed by atoms with van der Waals surface area (Å²) in [6.45, 7) is 2.71. The molecular weight excluding hydrogens is 238 g/mol. The molecule has 1 aromatic carbocycles. The third-order valence-corrected chi connectivity index (χ3v) is 2.69. The Morgan fingerprint density at radius 1 is 1.16 bits per heavy atom. The van der Waals surface area contributed by atoms with Crippen molar-refractivity contribution in [2.75, 3.05) is 11.9 Å². The van der Waals surface area contributed by atoms with E-state index in [0.717, 1.165) is 16.9 Å². The molecule has 1 aromatic heterocycles. The zero-order chi connectivity index (χ0) is 13.5.